The highest BCUT2D eigenvalue weighted by molar-refractivity contribution is 8.01. The number of hydrazine groups is 1. The van der Waals surface area contributed by atoms with Gasteiger partial charge in [0.25, 0.3) is 5.91 Å². The Hall–Kier alpha value is -5.64. The largest absolute Gasteiger partial charge is 0.448 e. The molecule has 21 heteroatoms. The number of carbonyl (C=O) groups is 7. The summed E-state index contributed by atoms with van der Waals surface area (Å²) in [4.78, 5) is 93.6. The van der Waals surface area contributed by atoms with E-state index in [4.69, 9.17) is 4.74 Å². The van der Waals surface area contributed by atoms with Crippen molar-refractivity contribution in [1.82, 2.24) is 41.6 Å². The number of β-lactam (4-membered cyclic amide) rings is 1. The molecular formula is C32H27N9O8S4. The zero-order valence-corrected chi connectivity index (χ0v) is 30.3. The summed E-state index contributed by atoms with van der Waals surface area (Å²) in [6.07, 6.45) is -0.296. The number of fused-ring (bicyclic) bond motifs is 1. The molecule has 5 N–H and O–H groups in total. The Morgan fingerprint density at radius 2 is 1.70 bits per heavy atom. The predicted octanol–water partition coefficient (Wildman–Crippen LogP) is 1.28. The Morgan fingerprint density at radius 3 is 2.34 bits per heavy atom. The molecule has 6 amide bonds. The van der Waals surface area contributed by atoms with Crippen LogP contribution in [0.5, 0.6) is 0 Å². The fourth-order valence-electron chi connectivity index (χ4n) is 5.30. The molecule has 2 unspecified atom stereocenters. The first-order valence-electron chi connectivity index (χ1n) is 15.4. The van der Waals surface area contributed by atoms with Crippen molar-refractivity contribution < 1.29 is 38.3 Å². The lowest BCUT2D eigenvalue weighted by molar-refractivity contribution is -0.155. The number of carbonyl (C=O) groups excluding carboxylic acids is 7. The fraction of sp³-hybridized carbons (Fsp3) is 0.188. The molecule has 17 nitrogen and oxygen atoms in total. The van der Waals surface area contributed by atoms with E-state index in [2.05, 4.69) is 31.1 Å². The van der Waals surface area contributed by atoms with Gasteiger partial charge in [-0.1, -0.05) is 83.8 Å². The highest BCUT2D eigenvalue weighted by Gasteiger charge is 2.55. The smallest absolute Gasteiger partial charge is 0.356 e. The zero-order valence-electron chi connectivity index (χ0n) is 27.0. The molecule has 2 aliphatic rings. The Balaban J connectivity index is 1.26. The van der Waals surface area contributed by atoms with Crippen molar-refractivity contribution in [2.75, 3.05) is 16.8 Å². The summed E-state index contributed by atoms with van der Waals surface area (Å²) in [5, 5.41) is 15.9. The SMILES string of the molecule is O=CNNC(=O)C(=O)NC(C(=O)NC1C(=O)N2C(C(=O)OC(c3ccccc3)c3ccccc3)=C(CSc3nncs3)CS[C@H]12)c1csc(NC=O)n1. The van der Waals surface area contributed by atoms with Crippen molar-refractivity contribution >= 4 is 93.7 Å². The molecule has 2 aromatic carbocycles. The van der Waals surface area contributed by atoms with Crippen molar-refractivity contribution in [3.05, 3.63) is 99.6 Å². The minimum Gasteiger partial charge on any atom is -0.448 e. The molecule has 6 rings (SSSR count). The van der Waals surface area contributed by atoms with E-state index in [-0.39, 0.29) is 22.9 Å². The number of benzene rings is 2. The first-order valence-corrected chi connectivity index (χ1v) is 19.2. The molecule has 1 fully saturated rings. The number of esters is 1. The molecular weight excluding hydrogens is 767 g/mol. The van der Waals surface area contributed by atoms with Gasteiger partial charge in [0.1, 0.15) is 22.6 Å². The van der Waals surface area contributed by atoms with Gasteiger partial charge in [-0.2, -0.15) is 0 Å². The van der Waals surface area contributed by atoms with Crippen LogP contribution in [0.3, 0.4) is 0 Å². The number of thioether (sulfide) groups is 2. The highest BCUT2D eigenvalue weighted by atomic mass is 32.2. The van der Waals surface area contributed by atoms with E-state index in [0.717, 1.165) is 22.5 Å². The minimum absolute atomic E-state index is 0.0470. The van der Waals surface area contributed by atoms with E-state index in [0.29, 0.717) is 27.8 Å². The van der Waals surface area contributed by atoms with Crippen molar-refractivity contribution in [2.45, 2.75) is 27.9 Å². The summed E-state index contributed by atoms with van der Waals surface area (Å²) in [5.74, 6) is -4.25. The van der Waals surface area contributed by atoms with Crippen molar-refractivity contribution in [1.29, 1.82) is 0 Å². The van der Waals surface area contributed by atoms with E-state index < -0.39 is 53.2 Å². The fourth-order valence-corrected chi connectivity index (χ4v) is 8.97. The van der Waals surface area contributed by atoms with Crippen LogP contribution in [0.25, 0.3) is 0 Å². The van der Waals surface area contributed by atoms with Crippen LogP contribution in [0.4, 0.5) is 5.13 Å². The average molecular weight is 794 g/mol. The zero-order chi connectivity index (χ0) is 37.3. The summed E-state index contributed by atoms with van der Waals surface area (Å²) >= 11 is 4.95. The van der Waals surface area contributed by atoms with Crippen molar-refractivity contribution in [3.8, 4) is 0 Å². The third-order valence-corrected chi connectivity index (χ3v) is 11.7. The number of hydrogen-bond acceptors (Lipinski definition) is 15. The van der Waals surface area contributed by atoms with E-state index in [1.165, 1.54) is 45.1 Å². The van der Waals surface area contributed by atoms with Crippen LogP contribution in [0.15, 0.2) is 87.2 Å². The molecule has 1 saturated heterocycles. The number of thiazole rings is 1. The second-order valence-electron chi connectivity index (χ2n) is 10.9. The van der Waals surface area contributed by atoms with Crippen LogP contribution in [-0.2, 0) is 38.3 Å². The predicted molar refractivity (Wildman–Crippen MR) is 194 cm³/mol. The summed E-state index contributed by atoms with van der Waals surface area (Å²) in [5.41, 5.74) is 7.31. The van der Waals surface area contributed by atoms with Gasteiger partial charge in [0.2, 0.25) is 18.7 Å². The molecule has 0 spiro atoms. The van der Waals surface area contributed by atoms with Crippen LogP contribution in [0, 0.1) is 0 Å². The second-order valence-corrected chi connectivity index (χ2v) is 14.9. The average Bonchev–Trinajstić information content (AvgIpc) is 3.89. The van der Waals surface area contributed by atoms with E-state index in [9.17, 15) is 33.6 Å². The maximum Gasteiger partial charge on any atom is 0.356 e. The van der Waals surface area contributed by atoms with Crippen LogP contribution in [-0.4, -0.2) is 85.4 Å². The van der Waals surface area contributed by atoms with E-state index in [1.807, 2.05) is 71.5 Å². The molecule has 4 heterocycles. The highest BCUT2D eigenvalue weighted by Crippen LogP contribution is 2.43. The van der Waals surface area contributed by atoms with Gasteiger partial charge in [0.05, 0.1) is 5.69 Å². The van der Waals surface area contributed by atoms with Gasteiger partial charge >= 0.3 is 17.8 Å². The Morgan fingerprint density at radius 1 is 0.981 bits per heavy atom. The summed E-state index contributed by atoms with van der Waals surface area (Å²) in [6, 6.07) is 15.6. The van der Waals surface area contributed by atoms with Crippen LogP contribution >= 0.6 is 46.2 Å². The Bertz CT molecular complexity index is 1990. The van der Waals surface area contributed by atoms with Crippen LogP contribution in [0.2, 0.25) is 0 Å². The van der Waals surface area contributed by atoms with Gasteiger partial charge < -0.3 is 20.7 Å². The lowest BCUT2D eigenvalue weighted by Gasteiger charge is -2.50. The number of amides is 6. The second kappa shape index (κ2) is 17.3. The number of rotatable bonds is 15. The number of nitrogens with one attached hydrogen (secondary N) is 5. The van der Waals surface area contributed by atoms with Gasteiger partial charge in [-0.3, -0.25) is 44.5 Å². The number of ether oxygens (including phenoxy) is 1. The molecule has 3 atom stereocenters. The van der Waals surface area contributed by atoms with Crippen LogP contribution < -0.4 is 26.8 Å². The molecule has 0 radical (unpaired) electrons. The molecule has 0 aliphatic carbocycles. The summed E-state index contributed by atoms with van der Waals surface area (Å²) in [7, 11) is 0. The van der Waals surface area contributed by atoms with Gasteiger partial charge in [-0.15, -0.1) is 33.3 Å². The molecule has 2 aliphatic heterocycles. The lowest BCUT2D eigenvalue weighted by Crippen LogP contribution is -2.71. The molecule has 0 saturated carbocycles. The first kappa shape index (κ1) is 37.1. The molecule has 2 aromatic heterocycles. The number of hydrogen-bond donors (Lipinski definition) is 5. The Labute approximate surface area is 316 Å². The lowest BCUT2D eigenvalue weighted by atomic mass is 10.0. The van der Waals surface area contributed by atoms with Gasteiger partial charge in [0, 0.05) is 16.9 Å². The Kier molecular flexibility index (Phi) is 12.1. The summed E-state index contributed by atoms with van der Waals surface area (Å²) < 4.78 is 6.85. The number of anilines is 1. The van der Waals surface area contributed by atoms with Gasteiger partial charge in [0.15, 0.2) is 21.6 Å². The first-order chi connectivity index (χ1) is 25.8. The van der Waals surface area contributed by atoms with Crippen molar-refractivity contribution in [3.63, 3.8) is 0 Å². The molecule has 0 bridgehead atoms. The number of nitrogens with zero attached hydrogens (tertiary/aromatic N) is 4. The van der Waals surface area contributed by atoms with Gasteiger partial charge in [-0.25, -0.2) is 9.78 Å². The maximum absolute atomic E-state index is 14.2. The minimum atomic E-state index is -1.60. The monoisotopic (exact) mass is 793 g/mol. The standard InChI is InChI=1S/C32H27N9O8S4/c42-14-33-31-36-20(13-51-31)21(37-26(45)27(46)39-34-15-43)25(44)38-22-28(47)41-23(19(11-50-29(22)41)12-52-32-40-35-16-53-32)30(48)49-24(17-7-3-1-4-8-17)18-9-5-2-6-10-18/h1-10,13-16,21-22,24,29H,11-12H2,(H,34,43)(H,37,45)(H,38,44)(H,39,46)(H,33,36,42)/t21?,22?,29-/m1/s1. The van der Waals surface area contributed by atoms with Crippen molar-refractivity contribution in [2.24, 2.45) is 0 Å². The molecule has 4 aromatic rings. The quantitative estimate of drug-likeness (QED) is 0.0286. The topological polar surface area (TPSA) is 231 Å². The number of aromatic nitrogens is 3. The van der Waals surface area contributed by atoms with E-state index in [1.54, 1.807) is 5.51 Å². The van der Waals surface area contributed by atoms with Crippen LogP contribution in [0.1, 0.15) is 29.0 Å². The maximum atomic E-state index is 14.2. The molecule has 53 heavy (non-hydrogen) atoms. The third-order valence-electron chi connectivity index (χ3n) is 7.67. The molecule has 272 valence electrons. The third kappa shape index (κ3) is 8.54. The van der Waals surface area contributed by atoms with Gasteiger partial charge in [-0.05, 0) is 16.7 Å². The normalized spacial score (nSPS) is 16.8. The van der Waals surface area contributed by atoms with E-state index >= 15 is 0 Å². The summed E-state index contributed by atoms with van der Waals surface area (Å²) in [6.45, 7) is 0.